The molecule has 0 unspecified atom stereocenters. The lowest BCUT2D eigenvalue weighted by molar-refractivity contribution is 0.331. The van der Waals surface area contributed by atoms with Gasteiger partial charge in [-0.2, -0.15) is 0 Å². The summed E-state index contributed by atoms with van der Waals surface area (Å²) in [6.07, 6.45) is 4.92. The monoisotopic (exact) mass is 184 g/mol. The number of nitrogens with one attached hydrogen (secondary N) is 1. The van der Waals surface area contributed by atoms with Crippen LogP contribution in [0.15, 0.2) is 4.99 Å². The Morgan fingerprint density at radius 2 is 2.08 bits per heavy atom. The highest BCUT2D eigenvalue weighted by atomic mass is 15.4. The topological polar surface area (TPSA) is 53.6 Å². The second-order valence-electron chi connectivity index (χ2n) is 3.40. The number of piperidine rings is 1. The van der Waals surface area contributed by atoms with Crippen LogP contribution in [-0.4, -0.2) is 30.5 Å². The van der Waals surface area contributed by atoms with Crippen molar-refractivity contribution in [3.05, 3.63) is 0 Å². The molecule has 76 valence electrons. The van der Waals surface area contributed by atoms with E-state index in [2.05, 4.69) is 22.2 Å². The SMILES string of the molecule is CCCN=C(NN)N1CCCCC1. The Labute approximate surface area is 80.2 Å². The Morgan fingerprint density at radius 3 is 2.62 bits per heavy atom. The normalized spacial score (nSPS) is 18.9. The van der Waals surface area contributed by atoms with Gasteiger partial charge in [0.2, 0.25) is 5.96 Å². The lowest BCUT2D eigenvalue weighted by Crippen LogP contribution is -2.47. The molecule has 0 bridgehead atoms. The molecule has 0 aromatic heterocycles. The molecule has 1 fully saturated rings. The van der Waals surface area contributed by atoms with Crippen LogP contribution in [0.1, 0.15) is 32.6 Å². The molecule has 0 saturated carbocycles. The minimum Gasteiger partial charge on any atom is -0.342 e. The van der Waals surface area contributed by atoms with Crippen molar-refractivity contribution in [1.29, 1.82) is 0 Å². The third-order valence-electron chi connectivity index (χ3n) is 2.27. The Balaban J connectivity index is 2.43. The first-order valence-corrected chi connectivity index (χ1v) is 5.14. The smallest absolute Gasteiger partial charge is 0.208 e. The fourth-order valence-corrected chi connectivity index (χ4v) is 1.56. The van der Waals surface area contributed by atoms with Gasteiger partial charge in [0.25, 0.3) is 0 Å². The van der Waals surface area contributed by atoms with Crippen LogP contribution in [0.2, 0.25) is 0 Å². The van der Waals surface area contributed by atoms with Gasteiger partial charge in [-0.15, -0.1) is 0 Å². The number of hydrogen-bond donors (Lipinski definition) is 2. The predicted molar refractivity (Wildman–Crippen MR) is 55.3 cm³/mol. The van der Waals surface area contributed by atoms with Gasteiger partial charge >= 0.3 is 0 Å². The van der Waals surface area contributed by atoms with E-state index < -0.39 is 0 Å². The second kappa shape index (κ2) is 5.80. The summed E-state index contributed by atoms with van der Waals surface area (Å²) in [4.78, 5) is 6.63. The summed E-state index contributed by atoms with van der Waals surface area (Å²) in [6, 6.07) is 0. The molecular formula is C9H20N4. The third kappa shape index (κ3) is 3.22. The Hall–Kier alpha value is -0.770. The van der Waals surface area contributed by atoms with Gasteiger partial charge in [-0.05, 0) is 25.7 Å². The average Bonchev–Trinajstić information content (AvgIpc) is 2.21. The van der Waals surface area contributed by atoms with Crippen molar-refractivity contribution in [2.75, 3.05) is 19.6 Å². The molecule has 0 atom stereocenters. The Kier molecular flexibility index (Phi) is 4.60. The van der Waals surface area contributed by atoms with E-state index >= 15 is 0 Å². The highest BCUT2D eigenvalue weighted by Crippen LogP contribution is 2.08. The van der Waals surface area contributed by atoms with Crippen LogP contribution in [0, 0.1) is 0 Å². The van der Waals surface area contributed by atoms with E-state index in [1.54, 1.807) is 0 Å². The zero-order valence-corrected chi connectivity index (χ0v) is 8.42. The van der Waals surface area contributed by atoms with Gasteiger partial charge in [0.15, 0.2) is 0 Å². The third-order valence-corrected chi connectivity index (χ3v) is 2.27. The first-order valence-electron chi connectivity index (χ1n) is 5.14. The van der Waals surface area contributed by atoms with Crippen molar-refractivity contribution < 1.29 is 0 Å². The molecule has 0 aromatic rings. The zero-order valence-electron chi connectivity index (χ0n) is 8.42. The fraction of sp³-hybridized carbons (Fsp3) is 0.889. The number of nitrogens with two attached hydrogens (primary N) is 1. The molecule has 13 heavy (non-hydrogen) atoms. The summed E-state index contributed by atoms with van der Waals surface area (Å²) in [5, 5.41) is 0. The van der Waals surface area contributed by atoms with Gasteiger partial charge in [-0.3, -0.25) is 10.4 Å². The van der Waals surface area contributed by atoms with Gasteiger partial charge in [-0.1, -0.05) is 6.92 Å². The maximum atomic E-state index is 5.42. The van der Waals surface area contributed by atoms with E-state index in [0.717, 1.165) is 32.0 Å². The molecule has 0 aliphatic carbocycles. The van der Waals surface area contributed by atoms with Crippen LogP contribution in [0.4, 0.5) is 0 Å². The molecule has 4 nitrogen and oxygen atoms in total. The number of hydrazine groups is 1. The zero-order chi connectivity index (χ0) is 9.52. The van der Waals surface area contributed by atoms with Crippen molar-refractivity contribution in [3.63, 3.8) is 0 Å². The van der Waals surface area contributed by atoms with Gasteiger partial charge < -0.3 is 4.90 Å². The van der Waals surface area contributed by atoms with Crippen LogP contribution in [-0.2, 0) is 0 Å². The van der Waals surface area contributed by atoms with E-state index in [4.69, 9.17) is 5.84 Å². The summed E-state index contributed by atoms with van der Waals surface area (Å²) in [7, 11) is 0. The van der Waals surface area contributed by atoms with Gasteiger partial charge in [0.05, 0.1) is 0 Å². The molecule has 0 aromatic carbocycles. The molecule has 1 aliphatic heterocycles. The van der Waals surface area contributed by atoms with Crippen LogP contribution in [0.3, 0.4) is 0 Å². The highest BCUT2D eigenvalue weighted by molar-refractivity contribution is 5.79. The second-order valence-corrected chi connectivity index (χ2v) is 3.40. The van der Waals surface area contributed by atoms with Crippen LogP contribution in [0.25, 0.3) is 0 Å². The van der Waals surface area contributed by atoms with Crippen molar-refractivity contribution in [2.45, 2.75) is 32.6 Å². The molecule has 1 saturated heterocycles. The lowest BCUT2D eigenvalue weighted by atomic mass is 10.1. The first kappa shape index (κ1) is 10.3. The van der Waals surface area contributed by atoms with E-state index in [1.807, 2.05) is 0 Å². The molecule has 0 radical (unpaired) electrons. The molecule has 1 heterocycles. The number of rotatable bonds is 2. The van der Waals surface area contributed by atoms with Crippen LogP contribution < -0.4 is 11.3 Å². The van der Waals surface area contributed by atoms with Crippen LogP contribution >= 0.6 is 0 Å². The van der Waals surface area contributed by atoms with Crippen molar-refractivity contribution >= 4 is 5.96 Å². The maximum Gasteiger partial charge on any atom is 0.208 e. The molecule has 4 heteroatoms. The summed E-state index contributed by atoms with van der Waals surface area (Å²) in [5.74, 6) is 6.28. The maximum absolute atomic E-state index is 5.42. The van der Waals surface area contributed by atoms with Crippen molar-refractivity contribution in [1.82, 2.24) is 10.3 Å². The number of likely N-dealkylation sites (tertiary alicyclic amines) is 1. The molecule has 1 rings (SSSR count). The molecule has 0 amide bonds. The number of guanidine groups is 1. The van der Waals surface area contributed by atoms with Gasteiger partial charge in [-0.25, -0.2) is 5.84 Å². The predicted octanol–water partition coefficient (Wildman–Crippen LogP) is 0.702. The van der Waals surface area contributed by atoms with Crippen LogP contribution in [0.5, 0.6) is 0 Å². The lowest BCUT2D eigenvalue weighted by Gasteiger charge is -2.29. The summed E-state index contributed by atoms with van der Waals surface area (Å²) in [6.45, 7) is 5.16. The average molecular weight is 184 g/mol. The molecule has 1 aliphatic rings. The van der Waals surface area contributed by atoms with E-state index in [1.165, 1.54) is 19.3 Å². The van der Waals surface area contributed by atoms with E-state index in [0.29, 0.717) is 0 Å². The standard InChI is InChI=1S/C9H20N4/c1-2-6-11-9(12-10)13-7-4-3-5-8-13/h2-8,10H2,1H3,(H,11,12). The highest BCUT2D eigenvalue weighted by Gasteiger charge is 2.12. The fourth-order valence-electron chi connectivity index (χ4n) is 1.56. The van der Waals surface area contributed by atoms with E-state index in [9.17, 15) is 0 Å². The quantitative estimate of drug-likeness (QED) is 0.287. The first-order chi connectivity index (χ1) is 6.38. The van der Waals surface area contributed by atoms with Gasteiger partial charge in [0.1, 0.15) is 0 Å². The largest absolute Gasteiger partial charge is 0.342 e. The summed E-state index contributed by atoms with van der Waals surface area (Å²) < 4.78 is 0. The van der Waals surface area contributed by atoms with Gasteiger partial charge in [0, 0.05) is 19.6 Å². The number of nitrogens with zero attached hydrogens (tertiary/aromatic N) is 2. The minimum absolute atomic E-state index is 0.857. The molecular weight excluding hydrogens is 164 g/mol. The Bertz CT molecular complexity index is 161. The summed E-state index contributed by atoms with van der Waals surface area (Å²) in [5.41, 5.74) is 2.68. The molecule has 3 N–H and O–H groups in total. The number of aliphatic imine (C=N–C) groups is 1. The minimum atomic E-state index is 0.857. The van der Waals surface area contributed by atoms with Crippen molar-refractivity contribution in [2.24, 2.45) is 10.8 Å². The molecule has 0 spiro atoms. The summed E-state index contributed by atoms with van der Waals surface area (Å²) >= 11 is 0. The Morgan fingerprint density at radius 1 is 1.38 bits per heavy atom. The number of hydrogen-bond acceptors (Lipinski definition) is 2. The van der Waals surface area contributed by atoms with Crippen molar-refractivity contribution in [3.8, 4) is 0 Å². The van der Waals surface area contributed by atoms with E-state index in [-0.39, 0.29) is 0 Å².